The number of Topliss-reactive ketones (excluding diaryl/α,β-unsaturated/α-hetero) is 1. The molecule has 144 valence electrons. The van der Waals surface area contributed by atoms with Crippen LogP contribution >= 0.6 is 0 Å². The lowest BCUT2D eigenvalue weighted by Crippen LogP contribution is -2.14. The molecule has 6 heteroatoms. The van der Waals surface area contributed by atoms with Crippen LogP contribution in [0.1, 0.15) is 28.9 Å². The van der Waals surface area contributed by atoms with Gasteiger partial charge >= 0.3 is 0 Å². The van der Waals surface area contributed by atoms with Crippen molar-refractivity contribution in [2.75, 3.05) is 19.8 Å². The van der Waals surface area contributed by atoms with Crippen LogP contribution in [-0.2, 0) is 11.2 Å². The molecule has 0 amide bonds. The molecule has 6 nitrogen and oxygen atoms in total. The minimum absolute atomic E-state index is 0.0924. The van der Waals surface area contributed by atoms with Crippen molar-refractivity contribution in [3.8, 4) is 5.88 Å². The first-order chi connectivity index (χ1) is 13.7. The van der Waals surface area contributed by atoms with Crippen LogP contribution in [0.2, 0.25) is 0 Å². The molecule has 3 heterocycles. The summed E-state index contributed by atoms with van der Waals surface area (Å²) in [6.07, 6.45) is 3.56. The maximum atomic E-state index is 12.6. The third kappa shape index (κ3) is 4.28. The maximum Gasteiger partial charge on any atom is 0.256 e. The summed E-state index contributed by atoms with van der Waals surface area (Å²) in [4.78, 5) is 31.7. The quantitative estimate of drug-likeness (QED) is 0.639. The zero-order valence-corrected chi connectivity index (χ0v) is 15.5. The van der Waals surface area contributed by atoms with Crippen molar-refractivity contribution in [3.63, 3.8) is 0 Å². The lowest BCUT2D eigenvalue weighted by molar-refractivity contribution is 0.0978. The zero-order valence-electron chi connectivity index (χ0n) is 15.5. The molecule has 28 heavy (non-hydrogen) atoms. The molecular formula is C22H22N2O4. The number of nitrogens with one attached hydrogen (secondary N) is 1. The number of H-pyrrole nitrogens is 1. The fraction of sp³-hybridized carbons (Fsp3) is 0.318. The van der Waals surface area contributed by atoms with Crippen molar-refractivity contribution in [2.45, 2.75) is 19.3 Å². The number of nitrogens with zero attached hydrogens (tertiary/aromatic N) is 1. The first-order valence-corrected chi connectivity index (χ1v) is 9.50. The van der Waals surface area contributed by atoms with E-state index < -0.39 is 0 Å². The Morgan fingerprint density at radius 3 is 3.00 bits per heavy atom. The molecule has 1 saturated heterocycles. The van der Waals surface area contributed by atoms with E-state index >= 15 is 0 Å². The second-order valence-electron chi connectivity index (χ2n) is 7.07. The Hall–Kier alpha value is -2.99. The number of hydrogen-bond acceptors (Lipinski definition) is 5. The second-order valence-corrected chi connectivity index (χ2v) is 7.07. The minimum atomic E-state index is -0.239. The Morgan fingerprint density at radius 2 is 2.14 bits per heavy atom. The van der Waals surface area contributed by atoms with Gasteiger partial charge in [-0.1, -0.05) is 18.2 Å². The summed E-state index contributed by atoms with van der Waals surface area (Å²) < 4.78 is 11.1. The molecule has 1 atom stereocenters. The van der Waals surface area contributed by atoms with Crippen LogP contribution in [0.25, 0.3) is 10.8 Å². The van der Waals surface area contributed by atoms with Gasteiger partial charge in [0.05, 0.1) is 18.9 Å². The van der Waals surface area contributed by atoms with E-state index in [2.05, 4.69) is 9.97 Å². The highest BCUT2D eigenvalue weighted by molar-refractivity contribution is 5.97. The first-order valence-electron chi connectivity index (χ1n) is 9.50. The largest absolute Gasteiger partial charge is 0.477 e. The standard InChI is InChI=1S/C22H22N2O4/c25-20(19-12-17-3-1-2-4-18(17)22(26)24-19)6-5-15-7-9-23-21(11-15)28-14-16-8-10-27-13-16/h1-4,7,9,11-12,16H,5-6,8,10,13-14H2,(H,24,26). The molecule has 1 fully saturated rings. The molecule has 2 aromatic heterocycles. The monoisotopic (exact) mass is 378 g/mol. The first kappa shape index (κ1) is 18.4. The van der Waals surface area contributed by atoms with Crippen LogP contribution < -0.4 is 10.3 Å². The van der Waals surface area contributed by atoms with E-state index in [9.17, 15) is 9.59 Å². The van der Waals surface area contributed by atoms with Crippen molar-refractivity contribution in [1.82, 2.24) is 9.97 Å². The molecule has 3 aromatic rings. The summed E-state index contributed by atoms with van der Waals surface area (Å²) in [6.45, 7) is 2.12. The van der Waals surface area contributed by atoms with E-state index in [0.29, 0.717) is 42.3 Å². The third-order valence-electron chi connectivity index (χ3n) is 4.98. The number of aromatic amines is 1. The van der Waals surface area contributed by atoms with Gasteiger partial charge in [0.2, 0.25) is 5.88 Å². The molecule has 0 radical (unpaired) electrons. The number of ether oxygens (including phenoxy) is 2. The van der Waals surface area contributed by atoms with Gasteiger partial charge in [0.25, 0.3) is 5.56 Å². The number of ketones is 1. The van der Waals surface area contributed by atoms with Crippen molar-refractivity contribution in [2.24, 2.45) is 5.92 Å². The number of carbonyl (C=O) groups excluding carboxylic acids is 1. The van der Waals surface area contributed by atoms with Crippen LogP contribution in [0.5, 0.6) is 5.88 Å². The Morgan fingerprint density at radius 1 is 1.25 bits per heavy atom. The van der Waals surface area contributed by atoms with Crippen LogP contribution in [0, 0.1) is 5.92 Å². The van der Waals surface area contributed by atoms with Crippen LogP contribution in [0.15, 0.2) is 53.5 Å². The number of pyridine rings is 2. The maximum absolute atomic E-state index is 12.6. The van der Waals surface area contributed by atoms with Gasteiger partial charge in [0, 0.05) is 36.6 Å². The summed E-state index contributed by atoms with van der Waals surface area (Å²) in [5.74, 6) is 0.887. The highest BCUT2D eigenvalue weighted by Crippen LogP contribution is 2.17. The lowest BCUT2D eigenvalue weighted by atomic mass is 10.0. The van der Waals surface area contributed by atoms with E-state index in [1.54, 1.807) is 18.3 Å². The topological polar surface area (TPSA) is 81.3 Å². The Balaban J connectivity index is 1.39. The summed E-state index contributed by atoms with van der Waals surface area (Å²) in [7, 11) is 0. The number of aromatic nitrogens is 2. The highest BCUT2D eigenvalue weighted by atomic mass is 16.5. The molecule has 0 saturated carbocycles. The third-order valence-corrected chi connectivity index (χ3v) is 4.98. The van der Waals surface area contributed by atoms with E-state index in [1.165, 1.54) is 0 Å². The van der Waals surface area contributed by atoms with Gasteiger partial charge in [-0.25, -0.2) is 4.98 Å². The van der Waals surface area contributed by atoms with E-state index in [-0.39, 0.29) is 11.3 Å². The van der Waals surface area contributed by atoms with Crippen molar-refractivity contribution >= 4 is 16.6 Å². The van der Waals surface area contributed by atoms with Crippen molar-refractivity contribution in [1.29, 1.82) is 0 Å². The van der Waals surface area contributed by atoms with Gasteiger partial charge < -0.3 is 14.5 Å². The fourth-order valence-electron chi connectivity index (χ4n) is 3.36. The summed E-state index contributed by atoms with van der Waals surface area (Å²) in [5, 5.41) is 1.35. The van der Waals surface area contributed by atoms with Gasteiger partial charge in [-0.15, -0.1) is 0 Å². The van der Waals surface area contributed by atoms with Gasteiger partial charge in [-0.2, -0.15) is 0 Å². The smallest absolute Gasteiger partial charge is 0.256 e. The molecule has 1 aliphatic heterocycles. The molecular weight excluding hydrogens is 356 g/mol. The zero-order chi connectivity index (χ0) is 19.3. The Labute approximate surface area is 162 Å². The average Bonchev–Trinajstić information content (AvgIpc) is 3.24. The predicted molar refractivity (Wildman–Crippen MR) is 106 cm³/mol. The summed E-state index contributed by atoms with van der Waals surface area (Å²) in [5.41, 5.74) is 1.08. The molecule has 4 rings (SSSR count). The van der Waals surface area contributed by atoms with Crippen LogP contribution in [-0.4, -0.2) is 35.6 Å². The van der Waals surface area contributed by atoms with Gasteiger partial charge in [0.1, 0.15) is 0 Å². The number of hydrogen-bond donors (Lipinski definition) is 1. The van der Waals surface area contributed by atoms with Gasteiger partial charge in [0.15, 0.2) is 5.78 Å². The lowest BCUT2D eigenvalue weighted by Gasteiger charge is -2.10. The molecule has 1 N–H and O–H groups in total. The minimum Gasteiger partial charge on any atom is -0.477 e. The number of fused-ring (bicyclic) bond motifs is 1. The van der Waals surface area contributed by atoms with E-state index in [4.69, 9.17) is 9.47 Å². The van der Waals surface area contributed by atoms with E-state index in [1.807, 2.05) is 30.3 Å². The second kappa shape index (κ2) is 8.35. The Bertz CT molecular complexity index is 1040. The predicted octanol–water partition coefficient (Wildman–Crippen LogP) is 3.15. The summed E-state index contributed by atoms with van der Waals surface area (Å²) in [6, 6.07) is 12.7. The molecule has 0 aliphatic carbocycles. The number of aryl methyl sites for hydroxylation is 1. The molecule has 1 aliphatic rings. The Kier molecular flexibility index (Phi) is 5.48. The van der Waals surface area contributed by atoms with Crippen molar-refractivity contribution in [3.05, 3.63) is 70.3 Å². The molecule has 1 unspecified atom stereocenters. The molecule has 0 spiro atoms. The molecule has 0 bridgehead atoms. The number of carbonyl (C=O) groups is 1. The average molecular weight is 378 g/mol. The van der Waals surface area contributed by atoms with Crippen LogP contribution in [0.3, 0.4) is 0 Å². The normalized spacial score (nSPS) is 16.4. The number of rotatable bonds is 7. The van der Waals surface area contributed by atoms with E-state index in [0.717, 1.165) is 30.6 Å². The fourth-order valence-corrected chi connectivity index (χ4v) is 3.36. The van der Waals surface area contributed by atoms with Gasteiger partial charge in [-0.3, -0.25) is 9.59 Å². The SMILES string of the molecule is O=C(CCc1ccnc(OCC2CCOC2)c1)c1cc2ccccc2c(=O)[nH]1. The molecule has 1 aromatic carbocycles. The summed E-state index contributed by atoms with van der Waals surface area (Å²) >= 11 is 0. The number of benzene rings is 1. The highest BCUT2D eigenvalue weighted by Gasteiger charge is 2.16. The van der Waals surface area contributed by atoms with Gasteiger partial charge in [-0.05, 0) is 42.0 Å². The van der Waals surface area contributed by atoms with Crippen molar-refractivity contribution < 1.29 is 14.3 Å². The van der Waals surface area contributed by atoms with Crippen LogP contribution in [0.4, 0.5) is 0 Å².